The van der Waals surface area contributed by atoms with E-state index in [4.69, 9.17) is 5.73 Å². The predicted molar refractivity (Wildman–Crippen MR) is 87.1 cm³/mol. The molecule has 0 saturated heterocycles. The molecule has 0 fully saturated rings. The highest BCUT2D eigenvalue weighted by molar-refractivity contribution is 7.99. The Hall–Kier alpha value is -2.62. The van der Waals surface area contributed by atoms with Crippen molar-refractivity contribution in [2.45, 2.75) is 18.3 Å². The van der Waals surface area contributed by atoms with Gasteiger partial charge in [0.25, 0.3) is 0 Å². The first-order chi connectivity index (χ1) is 11.5. The van der Waals surface area contributed by atoms with Crippen molar-refractivity contribution in [2.24, 2.45) is 0 Å². The molecule has 1 amide bonds. The minimum atomic E-state index is -2.89. The second-order valence-corrected chi connectivity index (χ2v) is 5.42. The Balaban J connectivity index is 1.88. The van der Waals surface area contributed by atoms with Crippen LogP contribution >= 0.6 is 11.8 Å². The molecule has 1 aromatic carbocycles. The first-order valence-electron chi connectivity index (χ1n) is 6.76. The number of aromatic nitrogens is 3. The van der Waals surface area contributed by atoms with Gasteiger partial charge < -0.3 is 15.8 Å². The number of amides is 1. The number of nitrogens with one attached hydrogen (secondary N) is 1. The Morgan fingerprint density at radius 2 is 2.12 bits per heavy atom. The lowest BCUT2D eigenvalue weighted by molar-refractivity contribution is -0.113. The number of allylic oxidation sites excluding steroid dienone is 1. The number of alkyl halides is 2. The molecule has 0 aliphatic carbocycles. The highest BCUT2D eigenvalue weighted by atomic mass is 32.2. The SMILES string of the molecule is C=CCn1c(N)nnc1SCC(=O)Nc1ccc(OC(F)F)cc1. The number of carbonyl (C=O) groups is 1. The van der Waals surface area contributed by atoms with Crippen molar-refractivity contribution < 1.29 is 18.3 Å². The molecule has 3 N–H and O–H groups in total. The molecule has 7 nitrogen and oxygen atoms in total. The molecule has 0 atom stereocenters. The molecule has 1 heterocycles. The topological polar surface area (TPSA) is 95.1 Å². The molecule has 0 bridgehead atoms. The molecule has 0 aliphatic rings. The molecule has 0 unspecified atom stereocenters. The Bertz CT molecular complexity index is 706. The summed E-state index contributed by atoms with van der Waals surface area (Å²) in [7, 11) is 0. The summed E-state index contributed by atoms with van der Waals surface area (Å²) in [5, 5.41) is 10.8. The highest BCUT2D eigenvalue weighted by Gasteiger charge is 2.12. The third-order valence-corrected chi connectivity index (χ3v) is 3.72. The number of carbonyl (C=O) groups excluding carboxylic acids is 1. The zero-order chi connectivity index (χ0) is 17.5. The number of hydrogen-bond acceptors (Lipinski definition) is 6. The van der Waals surface area contributed by atoms with Gasteiger partial charge in [0.15, 0.2) is 5.16 Å². The summed E-state index contributed by atoms with van der Waals surface area (Å²) < 4.78 is 30.0. The standard InChI is InChI=1S/C14H15F2N5O2S/c1-2-7-21-13(17)19-20-14(21)24-8-11(22)18-9-3-5-10(6-4-9)23-12(15)16/h2-6,12H,1,7-8H2,(H2,17,19)(H,18,22). The van der Waals surface area contributed by atoms with Crippen LogP contribution in [0.15, 0.2) is 42.1 Å². The van der Waals surface area contributed by atoms with Gasteiger partial charge in [0, 0.05) is 12.2 Å². The van der Waals surface area contributed by atoms with E-state index in [1.165, 1.54) is 36.0 Å². The summed E-state index contributed by atoms with van der Waals surface area (Å²) in [6.45, 7) is 1.17. The number of halogens is 2. The number of nitrogens with two attached hydrogens (primary N) is 1. The average molecular weight is 355 g/mol. The fourth-order valence-corrected chi connectivity index (χ4v) is 2.51. The van der Waals surface area contributed by atoms with Crippen LogP contribution in [0.1, 0.15) is 0 Å². The van der Waals surface area contributed by atoms with Crippen LogP contribution in [-0.2, 0) is 11.3 Å². The number of thioether (sulfide) groups is 1. The number of nitrogens with zero attached hydrogens (tertiary/aromatic N) is 3. The van der Waals surface area contributed by atoms with Crippen molar-refractivity contribution in [1.29, 1.82) is 0 Å². The summed E-state index contributed by atoms with van der Waals surface area (Å²) in [4.78, 5) is 11.9. The first-order valence-corrected chi connectivity index (χ1v) is 7.75. The maximum absolute atomic E-state index is 12.1. The van der Waals surface area contributed by atoms with Crippen molar-refractivity contribution in [1.82, 2.24) is 14.8 Å². The fourth-order valence-electron chi connectivity index (χ4n) is 1.75. The normalized spacial score (nSPS) is 10.6. The Morgan fingerprint density at radius 1 is 1.42 bits per heavy atom. The van der Waals surface area contributed by atoms with E-state index < -0.39 is 6.61 Å². The summed E-state index contributed by atoms with van der Waals surface area (Å²) >= 11 is 1.17. The van der Waals surface area contributed by atoms with Gasteiger partial charge in [-0.25, -0.2) is 0 Å². The summed E-state index contributed by atoms with van der Waals surface area (Å²) in [6.07, 6.45) is 1.65. The molecule has 0 aliphatic heterocycles. The largest absolute Gasteiger partial charge is 0.435 e. The molecule has 0 radical (unpaired) electrons. The lowest BCUT2D eigenvalue weighted by Gasteiger charge is -2.08. The molecule has 0 saturated carbocycles. The van der Waals surface area contributed by atoms with Gasteiger partial charge in [0.05, 0.1) is 5.75 Å². The first kappa shape index (κ1) is 17.7. The molecule has 2 rings (SSSR count). The fraction of sp³-hybridized carbons (Fsp3) is 0.214. The maximum Gasteiger partial charge on any atom is 0.387 e. The molecule has 2 aromatic rings. The zero-order valence-electron chi connectivity index (χ0n) is 12.5. The number of hydrogen-bond donors (Lipinski definition) is 2. The van der Waals surface area contributed by atoms with Crippen molar-refractivity contribution in [3.8, 4) is 5.75 Å². The Kier molecular flexibility index (Phi) is 6.13. The van der Waals surface area contributed by atoms with Crippen molar-refractivity contribution in [2.75, 3.05) is 16.8 Å². The lowest BCUT2D eigenvalue weighted by Crippen LogP contribution is -2.14. The van der Waals surface area contributed by atoms with Crippen molar-refractivity contribution >= 4 is 29.3 Å². The van der Waals surface area contributed by atoms with Gasteiger partial charge in [-0.15, -0.1) is 16.8 Å². The summed E-state index contributed by atoms with van der Waals surface area (Å²) in [6, 6.07) is 5.63. The monoisotopic (exact) mass is 355 g/mol. The Morgan fingerprint density at radius 3 is 2.75 bits per heavy atom. The van der Waals surface area contributed by atoms with Gasteiger partial charge >= 0.3 is 6.61 Å². The number of anilines is 2. The van der Waals surface area contributed by atoms with E-state index >= 15 is 0 Å². The van der Waals surface area contributed by atoms with Crippen LogP contribution in [0.2, 0.25) is 0 Å². The third-order valence-electron chi connectivity index (χ3n) is 2.75. The van der Waals surface area contributed by atoms with Gasteiger partial charge in [-0.05, 0) is 24.3 Å². The van der Waals surface area contributed by atoms with Crippen molar-refractivity contribution in [3.05, 3.63) is 36.9 Å². The number of rotatable bonds is 8. The van der Waals surface area contributed by atoms with E-state index in [1.54, 1.807) is 10.6 Å². The van der Waals surface area contributed by atoms with Crippen LogP contribution in [0, 0.1) is 0 Å². The second kappa shape index (κ2) is 8.29. The van der Waals surface area contributed by atoms with Crippen molar-refractivity contribution in [3.63, 3.8) is 0 Å². The molecule has 24 heavy (non-hydrogen) atoms. The maximum atomic E-state index is 12.1. The zero-order valence-corrected chi connectivity index (χ0v) is 13.3. The number of benzene rings is 1. The minimum absolute atomic E-state index is 0.0189. The van der Waals surface area contributed by atoms with E-state index in [1.807, 2.05) is 0 Å². The highest BCUT2D eigenvalue weighted by Crippen LogP contribution is 2.20. The summed E-state index contributed by atoms with van der Waals surface area (Å²) in [5.74, 6) is 0.0666. The molecule has 0 spiro atoms. The third kappa shape index (κ3) is 4.95. The van der Waals surface area contributed by atoms with Crippen LogP contribution in [0.3, 0.4) is 0 Å². The molecule has 10 heteroatoms. The van der Waals surface area contributed by atoms with E-state index in [2.05, 4.69) is 26.8 Å². The van der Waals surface area contributed by atoms with Crippen LogP contribution < -0.4 is 15.8 Å². The number of nitrogen functional groups attached to an aromatic ring is 1. The molecular weight excluding hydrogens is 340 g/mol. The van der Waals surface area contributed by atoms with E-state index in [-0.39, 0.29) is 23.4 Å². The Labute approximate surface area is 140 Å². The van der Waals surface area contributed by atoms with E-state index in [9.17, 15) is 13.6 Å². The average Bonchev–Trinajstić information content (AvgIpc) is 2.88. The molecular formula is C14H15F2N5O2S. The van der Waals surface area contributed by atoms with Gasteiger partial charge in [-0.1, -0.05) is 17.8 Å². The number of ether oxygens (including phenoxy) is 1. The molecule has 128 valence electrons. The molecule has 1 aromatic heterocycles. The van der Waals surface area contributed by atoms with Crippen LogP contribution in [0.4, 0.5) is 20.4 Å². The summed E-state index contributed by atoms with van der Waals surface area (Å²) in [5.41, 5.74) is 6.14. The van der Waals surface area contributed by atoms with Crippen LogP contribution in [-0.4, -0.2) is 33.0 Å². The quantitative estimate of drug-likeness (QED) is 0.558. The van der Waals surface area contributed by atoms with E-state index in [0.717, 1.165) is 0 Å². The van der Waals surface area contributed by atoms with Crippen LogP contribution in [0.25, 0.3) is 0 Å². The van der Waals surface area contributed by atoms with Gasteiger partial charge in [-0.3, -0.25) is 9.36 Å². The predicted octanol–water partition coefficient (Wildman–Crippen LogP) is 2.38. The van der Waals surface area contributed by atoms with Gasteiger partial charge in [0.1, 0.15) is 5.75 Å². The van der Waals surface area contributed by atoms with E-state index in [0.29, 0.717) is 17.4 Å². The van der Waals surface area contributed by atoms with Gasteiger partial charge in [0.2, 0.25) is 11.9 Å². The second-order valence-electron chi connectivity index (χ2n) is 4.48. The van der Waals surface area contributed by atoms with Gasteiger partial charge in [-0.2, -0.15) is 8.78 Å². The van der Waals surface area contributed by atoms with Crippen LogP contribution in [0.5, 0.6) is 5.75 Å². The minimum Gasteiger partial charge on any atom is -0.435 e. The smallest absolute Gasteiger partial charge is 0.387 e. The lowest BCUT2D eigenvalue weighted by atomic mass is 10.3.